The van der Waals surface area contributed by atoms with Gasteiger partial charge in [-0.3, -0.25) is 0 Å². The minimum Gasteiger partial charge on any atom is -0.314 e. The zero-order valence-corrected chi connectivity index (χ0v) is 11.9. The summed E-state index contributed by atoms with van der Waals surface area (Å²) in [6.45, 7) is 5.88. The van der Waals surface area contributed by atoms with Crippen LogP contribution in [0.3, 0.4) is 0 Å². The van der Waals surface area contributed by atoms with Crippen molar-refractivity contribution in [2.45, 2.75) is 77.7 Å². The molecule has 2 fully saturated rings. The van der Waals surface area contributed by atoms with E-state index in [1.165, 1.54) is 64.3 Å². The molecule has 2 aliphatic rings. The first-order valence-electron chi connectivity index (χ1n) is 8.06. The maximum atomic E-state index is 3.84. The Bertz CT molecular complexity index is 210. The molecule has 100 valence electrons. The van der Waals surface area contributed by atoms with Crippen LogP contribution in [0, 0.1) is 17.8 Å². The molecule has 0 amide bonds. The highest BCUT2D eigenvalue weighted by Gasteiger charge is 2.31. The summed E-state index contributed by atoms with van der Waals surface area (Å²) in [5.41, 5.74) is 0. The van der Waals surface area contributed by atoms with Gasteiger partial charge in [-0.15, -0.1) is 0 Å². The monoisotopic (exact) mass is 237 g/mol. The number of hydrogen-bond donors (Lipinski definition) is 1. The van der Waals surface area contributed by atoms with E-state index in [2.05, 4.69) is 19.2 Å². The summed E-state index contributed by atoms with van der Waals surface area (Å²) in [5.74, 6) is 3.13. The van der Waals surface area contributed by atoms with Gasteiger partial charge in [-0.05, 0) is 56.4 Å². The van der Waals surface area contributed by atoms with Gasteiger partial charge in [0, 0.05) is 6.04 Å². The van der Waals surface area contributed by atoms with E-state index in [0.717, 1.165) is 23.8 Å². The van der Waals surface area contributed by atoms with Crippen molar-refractivity contribution in [2.24, 2.45) is 17.8 Å². The second kappa shape index (κ2) is 6.78. The average molecular weight is 237 g/mol. The van der Waals surface area contributed by atoms with Gasteiger partial charge in [0.25, 0.3) is 0 Å². The standard InChI is InChI=1S/C16H31N/c1-3-11-17-16(10-8-14-5-6-14)15-9-7-13(4-2)12-15/h13-17H,3-12H2,1-2H3. The zero-order chi connectivity index (χ0) is 12.1. The minimum atomic E-state index is 0.840. The van der Waals surface area contributed by atoms with E-state index in [1.807, 2.05) is 0 Å². The molecule has 0 aromatic rings. The van der Waals surface area contributed by atoms with Crippen LogP contribution in [-0.2, 0) is 0 Å². The fourth-order valence-corrected chi connectivity index (χ4v) is 3.51. The summed E-state index contributed by atoms with van der Waals surface area (Å²) in [7, 11) is 0. The molecule has 3 unspecified atom stereocenters. The maximum absolute atomic E-state index is 3.84. The van der Waals surface area contributed by atoms with E-state index in [0.29, 0.717) is 0 Å². The van der Waals surface area contributed by atoms with Crippen molar-refractivity contribution >= 4 is 0 Å². The minimum absolute atomic E-state index is 0.840. The van der Waals surface area contributed by atoms with Crippen molar-refractivity contribution in [1.82, 2.24) is 5.32 Å². The van der Waals surface area contributed by atoms with Gasteiger partial charge in [-0.25, -0.2) is 0 Å². The van der Waals surface area contributed by atoms with Gasteiger partial charge in [-0.2, -0.15) is 0 Å². The van der Waals surface area contributed by atoms with Crippen LogP contribution in [-0.4, -0.2) is 12.6 Å². The zero-order valence-electron chi connectivity index (χ0n) is 11.9. The fraction of sp³-hybridized carbons (Fsp3) is 1.00. The van der Waals surface area contributed by atoms with Gasteiger partial charge >= 0.3 is 0 Å². The molecule has 0 aromatic carbocycles. The normalized spacial score (nSPS) is 30.7. The Morgan fingerprint density at radius 1 is 1.06 bits per heavy atom. The van der Waals surface area contributed by atoms with E-state index < -0.39 is 0 Å². The first kappa shape index (κ1) is 13.4. The van der Waals surface area contributed by atoms with Crippen LogP contribution in [0.15, 0.2) is 0 Å². The Morgan fingerprint density at radius 3 is 2.41 bits per heavy atom. The third-order valence-electron chi connectivity index (χ3n) is 4.97. The molecule has 0 heterocycles. The van der Waals surface area contributed by atoms with Crippen LogP contribution in [0.5, 0.6) is 0 Å². The van der Waals surface area contributed by atoms with Crippen molar-refractivity contribution in [1.29, 1.82) is 0 Å². The molecule has 2 saturated carbocycles. The third-order valence-corrected chi connectivity index (χ3v) is 4.97. The Morgan fingerprint density at radius 2 is 1.82 bits per heavy atom. The highest BCUT2D eigenvalue weighted by molar-refractivity contribution is 4.86. The van der Waals surface area contributed by atoms with Crippen LogP contribution >= 0.6 is 0 Å². The summed E-state index contributed by atoms with van der Waals surface area (Å²) < 4.78 is 0. The lowest BCUT2D eigenvalue weighted by molar-refractivity contribution is 0.319. The Kier molecular flexibility index (Phi) is 5.34. The predicted molar refractivity (Wildman–Crippen MR) is 75.2 cm³/mol. The van der Waals surface area contributed by atoms with Crippen molar-refractivity contribution in [2.75, 3.05) is 6.54 Å². The number of rotatable bonds is 8. The van der Waals surface area contributed by atoms with E-state index >= 15 is 0 Å². The molecule has 0 radical (unpaired) electrons. The quantitative estimate of drug-likeness (QED) is 0.661. The third kappa shape index (κ3) is 4.28. The predicted octanol–water partition coefficient (Wildman–Crippen LogP) is 4.37. The maximum Gasteiger partial charge on any atom is 0.00955 e. The summed E-state index contributed by atoms with van der Waals surface area (Å²) in [6.07, 6.45) is 13.2. The molecule has 1 nitrogen and oxygen atoms in total. The van der Waals surface area contributed by atoms with Gasteiger partial charge in [0.2, 0.25) is 0 Å². The second-order valence-corrected chi connectivity index (χ2v) is 6.43. The fourth-order valence-electron chi connectivity index (χ4n) is 3.51. The summed E-state index contributed by atoms with van der Waals surface area (Å²) >= 11 is 0. The van der Waals surface area contributed by atoms with E-state index in [4.69, 9.17) is 0 Å². The molecule has 2 rings (SSSR count). The molecule has 1 heteroatoms. The van der Waals surface area contributed by atoms with Gasteiger partial charge < -0.3 is 5.32 Å². The van der Waals surface area contributed by atoms with Gasteiger partial charge in [0.05, 0.1) is 0 Å². The molecule has 17 heavy (non-hydrogen) atoms. The molecule has 0 spiro atoms. The largest absolute Gasteiger partial charge is 0.314 e. The smallest absolute Gasteiger partial charge is 0.00955 e. The topological polar surface area (TPSA) is 12.0 Å². The lowest BCUT2D eigenvalue weighted by atomic mass is 9.91. The van der Waals surface area contributed by atoms with Gasteiger partial charge in [0.15, 0.2) is 0 Å². The number of nitrogens with one attached hydrogen (secondary N) is 1. The molecule has 0 aromatic heterocycles. The van der Waals surface area contributed by atoms with Crippen LogP contribution in [0.1, 0.15) is 71.6 Å². The van der Waals surface area contributed by atoms with Crippen molar-refractivity contribution in [3.63, 3.8) is 0 Å². The summed E-state index contributed by atoms with van der Waals surface area (Å²) in [6, 6.07) is 0.840. The van der Waals surface area contributed by atoms with Crippen LogP contribution in [0.25, 0.3) is 0 Å². The highest BCUT2D eigenvalue weighted by Crippen LogP contribution is 2.39. The van der Waals surface area contributed by atoms with Crippen molar-refractivity contribution in [3.8, 4) is 0 Å². The lowest BCUT2D eigenvalue weighted by Crippen LogP contribution is -2.36. The van der Waals surface area contributed by atoms with Crippen LogP contribution in [0.2, 0.25) is 0 Å². The van der Waals surface area contributed by atoms with E-state index in [-0.39, 0.29) is 0 Å². The molecule has 2 aliphatic carbocycles. The molecule has 0 bridgehead atoms. The molecule has 3 atom stereocenters. The SMILES string of the molecule is CCCNC(CCC1CC1)C1CCC(CC)C1. The molecular weight excluding hydrogens is 206 g/mol. The van der Waals surface area contributed by atoms with Crippen molar-refractivity contribution in [3.05, 3.63) is 0 Å². The summed E-state index contributed by atoms with van der Waals surface area (Å²) in [4.78, 5) is 0. The van der Waals surface area contributed by atoms with Crippen LogP contribution in [0.4, 0.5) is 0 Å². The van der Waals surface area contributed by atoms with E-state index in [9.17, 15) is 0 Å². The Balaban J connectivity index is 1.76. The Labute approximate surface area is 108 Å². The Hall–Kier alpha value is -0.0400. The number of hydrogen-bond acceptors (Lipinski definition) is 1. The average Bonchev–Trinajstić information content (AvgIpc) is 3.05. The molecule has 0 aliphatic heterocycles. The molecule has 0 saturated heterocycles. The molecule has 1 N–H and O–H groups in total. The first-order chi connectivity index (χ1) is 8.33. The van der Waals surface area contributed by atoms with E-state index in [1.54, 1.807) is 0 Å². The van der Waals surface area contributed by atoms with Crippen molar-refractivity contribution < 1.29 is 0 Å². The molecular formula is C16H31N. The van der Waals surface area contributed by atoms with Gasteiger partial charge in [-0.1, -0.05) is 39.5 Å². The van der Waals surface area contributed by atoms with Crippen LogP contribution < -0.4 is 5.32 Å². The summed E-state index contributed by atoms with van der Waals surface area (Å²) in [5, 5.41) is 3.84. The highest BCUT2D eigenvalue weighted by atomic mass is 14.9. The second-order valence-electron chi connectivity index (χ2n) is 6.43. The van der Waals surface area contributed by atoms with Gasteiger partial charge in [0.1, 0.15) is 0 Å². The first-order valence-corrected chi connectivity index (χ1v) is 8.06. The lowest BCUT2D eigenvalue weighted by Gasteiger charge is -2.25.